The first-order chi connectivity index (χ1) is 8.45. The van der Waals surface area contributed by atoms with E-state index in [-0.39, 0.29) is 12.5 Å². The molecule has 0 spiro atoms. The van der Waals surface area contributed by atoms with Gasteiger partial charge in [-0.3, -0.25) is 4.79 Å². The van der Waals surface area contributed by atoms with Crippen LogP contribution in [0.25, 0.3) is 0 Å². The van der Waals surface area contributed by atoms with Crippen molar-refractivity contribution in [1.29, 1.82) is 0 Å². The number of aliphatic carboxylic acids is 1. The third-order valence-electron chi connectivity index (χ3n) is 3.49. The van der Waals surface area contributed by atoms with Crippen LogP contribution in [0.15, 0.2) is 12.1 Å². The molecule has 0 aliphatic heterocycles. The molecule has 3 nitrogen and oxygen atoms in total. The standard InChI is InChI=1S/C15H23NO2/c1-10-8-12(3)13(9-11(10)2)14(16-4)6-5-7-15(17)18/h8-9,14,16H,5-7H2,1-4H3,(H,17,18). The summed E-state index contributed by atoms with van der Waals surface area (Å²) in [5.74, 6) is -0.721. The average Bonchev–Trinajstić information content (AvgIpc) is 2.30. The number of aryl methyl sites for hydroxylation is 3. The van der Waals surface area contributed by atoms with Crippen LogP contribution in [-0.2, 0) is 4.79 Å². The van der Waals surface area contributed by atoms with Crippen molar-refractivity contribution in [2.75, 3.05) is 7.05 Å². The molecule has 0 heterocycles. The zero-order valence-corrected chi connectivity index (χ0v) is 11.7. The van der Waals surface area contributed by atoms with Gasteiger partial charge in [0, 0.05) is 12.5 Å². The number of hydrogen-bond acceptors (Lipinski definition) is 2. The fourth-order valence-corrected chi connectivity index (χ4v) is 2.27. The molecular formula is C15H23NO2. The van der Waals surface area contributed by atoms with E-state index in [0.717, 1.165) is 6.42 Å². The van der Waals surface area contributed by atoms with Gasteiger partial charge in [0.15, 0.2) is 0 Å². The Bertz CT molecular complexity index is 427. The van der Waals surface area contributed by atoms with Crippen molar-refractivity contribution in [1.82, 2.24) is 5.32 Å². The van der Waals surface area contributed by atoms with Crippen molar-refractivity contribution in [2.24, 2.45) is 0 Å². The molecule has 1 unspecified atom stereocenters. The Morgan fingerprint density at radius 3 is 2.39 bits per heavy atom. The summed E-state index contributed by atoms with van der Waals surface area (Å²) in [5.41, 5.74) is 5.14. The van der Waals surface area contributed by atoms with Crippen LogP contribution in [-0.4, -0.2) is 18.1 Å². The zero-order chi connectivity index (χ0) is 13.7. The van der Waals surface area contributed by atoms with Crippen LogP contribution in [0, 0.1) is 20.8 Å². The monoisotopic (exact) mass is 249 g/mol. The molecule has 0 saturated heterocycles. The first-order valence-corrected chi connectivity index (χ1v) is 6.42. The first kappa shape index (κ1) is 14.7. The summed E-state index contributed by atoms with van der Waals surface area (Å²) in [5, 5.41) is 12.0. The largest absolute Gasteiger partial charge is 0.481 e. The van der Waals surface area contributed by atoms with E-state index in [1.807, 2.05) is 7.05 Å². The molecule has 0 saturated carbocycles. The molecule has 0 fully saturated rings. The van der Waals surface area contributed by atoms with Crippen LogP contribution in [0.5, 0.6) is 0 Å². The van der Waals surface area contributed by atoms with Crippen molar-refractivity contribution in [3.8, 4) is 0 Å². The van der Waals surface area contributed by atoms with Crippen LogP contribution in [0.3, 0.4) is 0 Å². The van der Waals surface area contributed by atoms with Gasteiger partial charge in [-0.1, -0.05) is 12.1 Å². The normalized spacial score (nSPS) is 12.4. The molecule has 0 aliphatic carbocycles. The molecule has 0 aromatic heterocycles. The number of carbonyl (C=O) groups is 1. The van der Waals surface area contributed by atoms with E-state index >= 15 is 0 Å². The highest BCUT2D eigenvalue weighted by Gasteiger charge is 2.13. The van der Waals surface area contributed by atoms with Gasteiger partial charge in [0.05, 0.1) is 0 Å². The molecule has 0 bridgehead atoms. The van der Waals surface area contributed by atoms with Gasteiger partial charge in [-0.05, 0) is 62.9 Å². The van der Waals surface area contributed by atoms with E-state index in [1.165, 1.54) is 22.3 Å². The van der Waals surface area contributed by atoms with E-state index in [4.69, 9.17) is 5.11 Å². The topological polar surface area (TPSA) is 49.3 Å². The lowest BCUT2D eigenvalue weighted by Crippen LogP contribution is -2.18. The predicted molar refractivity (Wildman–Crippen MR) is 73.9 cm³/mol. The van der Waals surface area contributed by atoms with Crippen LogP contribution >= 0.6 is 0 Å². The van der Waals surface area contributed by atoms with Gasteiger partial charge in [-0.25, -0.2) is 0 Å². The van der Waals surface area contributed by atoms with Gasteiger partial charge in [-0.2, -0.15) is 0 Å². The number of carboxylic acids is 1. The Balaban J connectivity index is 2.81. The maximum atomic E-state index is 10.6. The second-order valence-corrected chi connectivity index (χ2v) is 4.92. The molecule has 1 atom stereocenters. The quantitative estimate of drug-likeness (QED) is 0.814. The summed E-state index contributed by atoms with van der Waals surface area (Å²) >= 11 is 0. The lowest BCUT2D eigenvalue weighted by molar-refractivity contribution is -0.137. The molecule has 1 rings (SSSR count). The van der Waals surface area contributed by atoms with Crippen LogP contribution in [0.2, 0.25) is 0 Å². The number of nitrogens with one attached hydrogen (secondary N) is 1. The molecule has 18 heavy (non-hydrogen) atoms. The smallest absolute Gasteiger partial charge is 0.303 e. The Kier molecular flexibility index (Phi) is 5.35. The number of rotatable bonds is 6. The SMILES string of the molecule is CNC(CCCC(=O)O)c1cc(C)c(C)cc1C. The highest BCUT2D eigenvalue weighted by Crippen LogP contribution is 2.25. The van der Waals surface area contributed by atoms with E-state index in [2.05, 4.69) is 38.2 Å². The van der Waals surface area contributed by atoms with Gasteiger partial charge in [0.2, 0.25) is 0 Å². The number of benzene rings is 1. The summed E-state index contributed by atoms with van der Waals surface area (Å²) < 4.78 is 0. The highest BCUT2D eigenvalue weighted by atomic mass is 16.4. The Morgan fingerprint density at radius 2 is 1.83 bits per heavy atom. The van der Waals surface area contributed by atoms with Gasteiger partial charge in [-0.15, -0.1) is 0 Å². The Hall–Kier alpha value is -1.35. The summed E-state index contributed by atoms with van der Waals surface area (Å²) in [6.07, 6.45) is 1.79. The Morgan fingerprint density at radius 1 is 1.22 bits per heavy atom. The van der Waals surface area contributed by atoms with E-state index in [0.29, 0.717) is 6.42 Å². The van der Waals surface area contributed by atoms with Crippen molar-refractivity contribution < 1.29 is 9.90 Å². The van der Waals surface area contributed by atoms with E-state index < -0.39 is 5.97 Å². The third kappa shape index (κ3) is 3.84. The molecule has 2 N–H and O–H groups in total. The fourth-order valence-electron chi connectivity index (χ4n) is 2.27. The van der Waals surface area contributed by atoms with Crippen molar-refractivity contribution in [2.45, 2.75) is 46.1 Å². The van der Waals surface area contributed by atoms with Gasteiger partial charge in [0.25, 0.3) is 0 Å². The van der Waals surface area contributed by atoms with Crippen LogP contribution in [0.4, 0.5) is 0 Å². The zero-order valence-electron chi connectivity index (χ0n) is 11.7. The van der Waals surface area contributed by atoms with Gasteiger partial charge < -0.3 is 10.4 Å². The highest BCUT2D eigenvalue weighted by molar-refractivity contribution is 5.66. The van der Waals surface area contributed by atoms with E-state index in [9.17, 15) is 4.79 Å². The summed E-state index contributed by atoms with van der Waals surface area (Å²) in [7, 11) is 1.93. The minimum absolute atomic E-state index is 0.238. The molecular weight excluding hydrogens is 226 g/mol. The summed E-state index contributed by atoms with van der Waals surface area (Å²) in [6.45, 7) is 6.34. The minimum atomic E-state index is -0.721. The molecule has 1 aromatic rings. The van der Waals surface area contributed by atoms with Crippen LogP contribution in [0.1, 0.15) is 47.6 Å². The second kappa shape index (κ2) is 6.55. The van der Waals surface area contributed by atoms with Gasteiger partial charge in [0.1, 0.15) is 0 Å². The fraction of sp³-hybridized carbons (Fsp3) is 0.533. The lowest BCUT2D eigenvalue weighted by atomic mass is 9.93. The maximum Gasteiger partial charge on any atom is 0.303 e. The first-order valence-electron chi connectivity index (χ1n) is 6.42. The molecule has 1 aromatic carbocycles. The van der Waals surface area contributed by atoms with Gasteiger partial charge >= 0.3 is 5.97 Å². The van der Waals surface area contributed by atoms with E-state index in [1.54, 1.807) is 0 Å². The summed E-state index contributed by atoms with van der Waals surface area (Å²) in [6, 6.07) is 4.65. The summed E-state index contributed by atoms with van der Waals surface area (Å²) in [4.78, 5) is 10.6. The Labute approximate surface area is 109 Å². The van der Waals surface area contributed by atoms with Crippen molar-refractivity contribution in [3.63, 3.8) is 0 Å². The number of hydrogen-bond donors (Lipinski definition) is 2. The van der Waals surface area contributed by atoms with Crippen LogP contribution < -0.4 is 5.32 Å². The molecule has 0 amide bonds. The second-order valence-electron chi connectivity index (χ2n) is 4.92. The lowest BCUT2D eigenvalue weighted by Gasteiger charge is -2.20. The minimum Gasteiger partial charge on any atom is -0.481 e. The molecule has 100 valence electrons. The third-order valence-corrected chi connectivity index (χ3v) is 3.49. The van der Waals surface area contributed by atoms with Crippen molar-refractivity contribution in [3.05, 3.63) is 34.4 Å². The molecule has 3 heteroatoms. The predicted octanol–water partition coefficient (Wildman–Crippen LogP) is 3.13. The molecule has 0 aliphatic rings. The van der Waals surface area contributed by atoms with Crippen molar-refractivity contribution >= 4 is 5.97 Å². The number of carboxylic acid groups (broad SMARTS) is 1. The molecule has 0 radical (unpaired) electrons. The average molecular weight is 249 g/mol. The maximum absolute atomic E-state index is 10.6.